The van der Waals surface area contributed by atoms with Gasteiger partial charge in [-0.25, -0.2) is 0 Å². The summed E-state index contributed by atoms with van der Waals surface area (Å²) in [5.41, 5.74) is 0. The predicted molar refractivity (Wildman–Crippen MR) is 15.2 cm³/mol. The van der Waals surface area contributed by atoms with Crippen molar-refractivity contribution in [3.8, 4) is 0 Å². The summed E-state index contributed by atoms with van der Waals surface area (Å²) in [6.45, 7) is 3.10. The van der Waals surface area contributed by atoms with E-state index in [0.717, 1.165) is 6.08 Å². The van der Waals surface area contributed by atoms with Gasteiger partial charge < -0.3 is 0 Å². The van der Waals surface area contributed by atoms with Gasteiger partial charge in [-0.15, -0.1) is 0 Å². The number of carbonyl (C=O) groups excluding carboxylic acids is 1. The van der Waals surface area contributed by atoms with Crippen LogP contribution in [0, 0.1) is 0 Å². The van der Waals surface area contributed by atoms with Gasteiger partial charge in [0.15, 0.2) is 0 Å². The molecule has 0 aliphatic rings. The van der Waals surface area contributed by atoms with E-state index in [2.05, 4.69) is 22.6 Å². The van der Waals surface area contributed by atoms with Crippen molar-refractivity contribution in [1.82, 2.24) is 0 Å². The first-order chi connectivity index (χ1) is 2.27. The van der Waals surface area contributed by atoms with E-state index in [-0.39, 0.29) is 50.9 Å². The minimum absolute atomic E-state index is 0. The molecule has 0 N–H and O–H groups in total. The molecule has 0 spiro atoms. The molecule has 0 amide bonds. The first-order valence-electron chi connectivity index (χ1n) is 1.05. The van der Waals surface area contributed by atoms with Crippen molar-refractivity contribution in [3.05, 3.63) is 12.7 Å². The van der Waals surface area contributed by atoms with Crippen molar-refractivity contribution >= 4 is 4.68 Å². The third-order valence-corrected chi connectivity index (χ3v) is 0.337. The Balaban J connectivity index is -0.0000000267. The SMILES string of the molecule is C=C[C](=O)[Cu].[Cr].[Fe].[Ni]. The maximum Gasteiger partial charge on any atom is 0 e. The molecule has 0 radical (unpaired) electrons. The van der Waals surface area contributed by atoms with E-state index in [9.17, 15) is 4.79 Å². The molecule has 1 nitrogen and oxygen atoms in total. The Morgan fingerprint density at radius 2 is 1.75 bits per heavy atom. The van der Waals surface area contributed by atoms with Crippen molar-refractivity contribution in [3.63, 3.8) is 0 Å². The molecular formula is C3H3CrCuFeNiO. The Hall–Kier alpha value is 1.47. The van der Waals surface area contributed by atoms with E-state index in [1.807, 2.05) is 0 Å². The van der Waals surface area contributed by atoms with Crippen LogP contribution in [-0.2, 0) is 71.7 Å². The van der Waals surface area contributed by atoms with Crippen LogP contribution in [0.1, 0.15) is 0 Å². The molecule has 56 valence electrons. The Morgan fingerprint density at radius 3 is 1.75 bits per heavy atom. The average molecular weight is 285 g/mol. The van der Waals surface area contributed by atoms with Crippen LogP contribution in [0.3, 0.4) is 0 Å². The maximum atomic E-state index is 9.50. The molecule has 0 aliphatic carbocycles. The summed E-state index contributed by atoms with van der Waals surface area (Å²) in [4.78, 5) is 9.50. The van der Waals surface area contributed by atoms with Gasteiger partial charge in [0.2, 0.25) is 0 Å². The maximum absolute atomic E-state index is 9.50. The van der Waals surface area contributed by atoms with E-state index < -0.39 is 4.68 Å². The van der Waals surface area contributed by atoms with Crippen molar-refractivity contribution in [2.75, 3.05) is 0 Å². The van der Waals surface area contributed by atoms with Crippen molar-refractivity contribution in [2.24, 2.45) is 0 Å². The zero-order chi connectivity index (χ0) is 4.28. The largest absolute Gasteiger partial charge is 0 e. The zero-order valence-corrected chi connectivity index (χ0v) is 7.88. The molecule has 5 heteroatoms. The molecule has 0 heterocycles. The fourth-order valence-corrected chi connectivity index (χ4v) is 0. The van der Waals surface area contributed by atoms with Gasteiger partial charge in [-0.05, 0) is 0 Å². The molecule has 0 aromatic rings. The molecule has 0 aliphatic heterocycles. The second kappa shape index (κ2) is 15.8. The van der Waals surface area contributed by atoms with Crippen LogP contribution >= 0.6 is 0 Å². The molecule has 0 bridgehead atoms. The Bertz CT molecular complexity index is 70.3. The van der Waals surface area contributed by atoms with Gasteiger partial charge in [0.05, 0.1) is 0 Å². The fraction of sp³-hybridized carbons (Fsp3) is 0. The van der Waals surface area contributed by atoms with Crippen LogP contribution < -0.4 is 0 Å². The minimum Gasteiger partial charge on any atom is 0 e. The normalized spacial score (nSPS) is 4.25. The quantitative estimate of drug-likeness (QED) is 0.498. The number of hydrogen-bond donors (Lipinski definition) is 0. The first-order valence-corrected chi connectivity index (χ1v) is 1.52. The second-order valence-corrected chi connectivity index (χ2v) is 0.935. The van der Waals surface area contributed by atoms with Gasteiger partial charge in [-0.2, -0.15) is 0 Å². The third kappa shape index (κ3) is 26.0. The topological polar surface area (TPSA) is 17.1 Å². The monoisotopic (exact) mass is 284 g/mol. The fourth-order valence-electron chi connectivity index (χ4n) is 0. The van der Waals surface area contributed by atoms with E-state index >= 15 is 0 Å². The number of rotatable bonds is 1. The summed E-state index contributed by atoms with van der Waals surface area (Å²) < 4.78 is -0.419. The summed E-state index contributed by atoms with van der Waals surface area (Å²) in [6.07, 6.45) is 1.08. The van der Waals surface area contributed by atoms with Gasteiger partial charge >= 0.3 is 38.1 Å². The van der Waals surface area contributed by atoms with Crippen LogP contribution in [0.2, 0.25) is 0 Å². The van der Waals surface area contributed by atoms with Crippen molar-refractivity contribution in [2.45, 2.75) is 0 Å². The first kappa shape index (κ1) is 22.7. The van der Waals surface area contributed by atoms with E-state index in [4.69, 9.17) is 0 Å². The summed E-state index contributed by atoms with van der Waals surface area (Å²) >= 11 is 4.15. The molecule has 0 rings (SSSR count). The number of hydrogen-bond acceptors (Lipinski definition) is 1. The molecule has 0 fully saturated rings. The minimum atomic E-state index is -0.419. The summed E-state index contributed by atoms with van der Waals surface area (Å²) in [5.74, 6) is 0. The van der Waals surface area contributed by atoms with E-state index in [1.165, 1.54) is 0 Å². The van der Waals surface area contributed by atoms with Crippen LogP contribution in [-0.4, -0.2) is 4.68 Å². The molecule has 0 aromatic heterocycles. The van der Waals surface area contributed by atoms with Gasteiger partial charge in [0, 0.05) is 50.9 Å². The van der Waals surface area contributed by atoms with E-state index in [0.29, 0.717) is 0 Å². The van der Waals surface area contributed by atoms with E-state index in [1.54, 1.807) is 0 Å². The third-order valence-electron chi connectivity index (χ3n) is 0.145. The standard InChI is InChI=1S/C3H3O.Cr.Cu.Fe.Ni/c1-2-3-4;;;;/h2H,1H2;;;;. The predicted octanol–water partition coefficient (Wildman–Crippen LogP) is 0.238. The van der Waals surface area contributed by atoms with Gasteiger partial charge in [-0.3, -0.25) is 0 Å². The number of allylic oxidation sites excluding steroid dienone is 1. The van der Waals surface area contributed by atoms with Crippen LogP contribution in [0.15, 0.2) is 12.7 Å². The van der Waals surface area contributed by atoms with Gasteiger partial charge in [-0.1, -0.05) is 0 Å². The zero-order valence-electron chi connectivity index (χ0n) is 3.57. The molecule has 0 unspecified atom stereocenters. The van der Waals surface area contributed by atoms with Crippen LogP contribution in [0.5, 0.6) is 0 Å². The molecule has 0 atom stereocenters. The smallest absolute Gasteiger partial charge is 0 e. The summed E-state index contributed by atoms with van der Waals surface area (Å²) in [5, 5.41) is 0. The van der Waals surface area contributed by atoms with Crippen LogP contribution in [0.25, 0.3) is 0 Å². The molecule has 0 saturated carbocycles. The molecule has 0 aromatic carbocycles. The second-order valence-electron chi connectivity index (χ2n) is 0.471. The summed E-state index contributed by atoms with van der Waals surface area (Å²) in [6, 6.07) is 0. The van der Waals surface area contributed by atoms with Crippen molar-refractivity contribution < 1.29 is 71.7 Å². The van der Waals surface area contributed by atoms with Gasteiger partial charge in [0.25, 0.3) is 0 Å². The molecular weight excluding hydrogens is 282 g/mol. The van der Waals surface area contributed by atoms with Gasteiger partial charge in [0.1, 0.15) is 0 Å². The van der Waals surface area contributed by atoms with Crippen LogP contribution in [0.4, 0.5) is 0 Å². The summed E-state index contributed by atoms with van der Waals surface area (Å²) in [7, 11) is 0. The average Bonchev–Trinajstić information content (AvgIpc) is 1.38. The Kier molecular flexibility index (Phi) is 44.8. The Morgan fingerprint density at radius 1 is 1.62 bits per heavy atom. The Labute approximate surface area is 88.4 Å². The molecule has 0 saturated heterocycles. The number of carbonyl (C=O) groups is 1. The van der Waals surface area contributed by atoms with Crippen molar-refractivity contribution in [1.29, 1.82) is 0 Å². The molecule has 8 heavy (non-hydrogen) atoms.